The van der Waals surface area contributed by atoms with Crippen LogP contribution < -0.4 is 15.0 Å². The number of alkyl halides is 1. The Labute approximate surface area is 274 Å². The molecule has 6 bridgehead atoms. The lowest BCUT2D eigenvalue weighted by Crippen LogP contribution is -2.57. The zero-order chi connectivity index (χ0) is 32.3. The van der Waals surface area contributed by atoms with Gasteiger partial charge in [-0.25, -0.2) is 13.6 Å². The Morgan fingerprint density at radius 1 is 1.19 bits per heavy atom. The Hall–Kier alpha value is -4.10. The smallest absolute Gasteiger partial charge is 0.407 e. The first-order valence-corrected chi connectivity index (χ1v) is 16.5. The molecule has 5 aliphatic rings. The highest BCUT2D eigenvalue weighted by molar-refractivity contribution is 6.33. The molecule has 1 unspecified atom stereocenters. The van der Waals surface area contributed by atoms with Crippen LogP contribution in [0.3, 0.4) is 0 Å². The van der Waals surface area contributed by atoms with E-state index in [1.165, 1.54) is 0 Å². The number of ether oxygens (including phenoxy) is 2. The van der Waals surface area contributed by atoms with Crippen LogP contribution in [0.25, 0.3) is 39.1 Å². The van der Waals surface area contributed by atoms with Crippen molar-refractivity contribution < 1.29 is 23.0 Å². The van der Waals surface area contributed by atoms with Crippen molar-refractivity contribution in [1.29, 1.82) is 0 Å². The van der Waals surface area contributed by atoms with Crippen LogP contribution >= 0.6 is 11.6 Å². The molecule has 246 valence electrons. The number of hydrogen-bond donors (Lipinski definition) is 2. The minimum Gasteiger partial charge on any atom is -0.461 e. The number of H-pyrrole nitrogens is 1. The summed E-state index contributed by atoms with van der Waals surface area (Å²) in [6, 6.07) is 1.74. The normalized spacial score (nSPS) is 27.1. The van der Waals surface area contributed by atoms with Crippen molar-refractivity contribution in [3.05, 3.63) is 40.9 Å². The summed E-state index contributed by atoms with van der Waals surface area (Å²) >= 11 is 6.76. The molecular formula is C33H35ClF2N8O3. The van der Waals surface area contributed by atoms with Gasteiger partial charge in [-0.05, 0) is 51.6 Å². The SMILES string of the molecule is CC12CCCN(C1)c1nc(OC[C@@]34CCCN3C[C@H](F)C4)nc3c(F)c(ncc13)-c1c(c(Cl)cc3[nH]ncc13)/C=C\CCOC(=O)N2. The van der Waals surface area contributed by atoms with Crippen LogP contribution in [0.5, 0.6) is 6.01 Å². The first-order valence-electron chi connectivity index (χ1n) is 16.1. The first kappa shape index (κ1) is 30.2. The number of aromatic amines is 1. The standard InChI is InChI=1S/C33H35ClF2N8O3/c1-32-7-4-9-43(17-32)29-22-14-37-28(25-20(6-2-3-11-46-31(45)41-32)23(34)12-24-21(25)15-38-42-24)26(36)27(22)39-30(40-29)47-18-33-8-5-10-44(33)16-19(35)13-33/h2,6,12,14-15,19H,3-5,7-11,13,16-18H2,1H3,(H,38,42)(H,41,45)/b6-2-/t19-,32?,33+/m1/s1. The molecule has 5 aliphatic heterocycles. The van der Waals surface area contributed by atoms with Crippen LogP contribution in [0, 0.1) is 5.82 Å². The molecular weight excluding hydrogens is 630 g/mol. The van der Waals surface area contributed by atoms with Gasteiger partial charge in [0.25, 0.3) is 0 Å². The van der Waals surface area contributed by atoms with Crippen LogP contribution in [0.4, 0.5) is 19.4 Å². The van der Waals surface area contributed by atoms with E-state index >= 15 is 4.39 Å². The molecule has 1 aromatic carbocycles. The van der Waals surface area contributed by atoms with E-state index in [0.29, 0.717) is 70.7 Å². The van der Waals surface area contributed by atoms with Crippen molar-refractivity contribution in [2.45, 2.75) is 62.7 Å². The van der Waals surface area contributed by atoms with E-state index in [4.69, 9.17) is 26.1 Å². The number of nitrogens with one attached hydrogen (secondary N) is 2. The quantitative estimate of drug-likeness (QED) is 0.279. The lowest BCUT2D eigenvalue weighted by Gasteiger charge is -2.41. The minimum absolute atomic E-state index is 0.00400. The Balaban J connectivity index is 1.31. The van der Waals surface area contributed by atoms with Gasteiger partial charge in [-0.1, -0.05) is 23.8 Å². The van der Waals surface area contributed by atoms with Crippen LogP contribution in [0.1, 0.15) is 51.0 Å². The summed E-state index contributed by atoms with van der Waals surface area (Å²) in [4.78, 5) is 31.1. The average Bonchev–Trinajstić information content (AvgIpc) is 3.73. The highest BCUT2D eigenvalue weighted by Gasteiger charge is 2.49. The van der Waals surface area contributed by atoms with E-state index in [0.717, 1.165) is 32.2 Å². The molecule has 11 nitrogen and oxygen atoms in total. The summed E-state index contributed by atoms with van der Waals surface area (Å²) in [5, 5.41) is 11.5. The zero-order valence-corrected chi connectivity index (χ0v) is 26.7. The second-order valence-electron chi connectivity index (χ2n) is 13.4. The molecule has 47 heavy (non-hydrogen) atoms. The van der Waals surface area contributed by atoms with Crippen molar-refractivity contribution >= 4 is 51.4 Å². The minimum atomic E-state index is -0.917. The van der Waals surface area contributed by atoms with Crippen LogP contribution in [-0.4, -0.2) is 92.8 Å². The summed E-state index contributed by atoms with van der Waals surface area (Å²) < 4.78 is 43.4. The summed E-state index contributed by atoms with van der Waals surface area (Å²) in [5.74, 6) is -0.204. The van der Waals surface area contributed by atoms with E-state index in [2.05, 4.69) is 30.4 Å². The van der Waals surface area contributed by atoms with Crippen LogP contribution in [0.2, 0.25) is 5.02 Å². The number of piperidine rings is 1. The van der Waals surface area contributed by atoms with E-state index in [1.54, 1.807) is 24.5 Å². The number of carbonyl (C=O) groups excluding carboxylic acids is 1. The highest BCUT2D eigenvalue weighted by Crippen LogP contribution is 2.42. The molecule has 3 fully saturated rings. The van der Waals surface area contributed by atoms with Gasteiger partial charge in [0.2, 0.25) is 0 Å². The molecule has 3 atom stereocenters. The number of nitrogens with zero attached hydrogens (tertiary/aromatic N) is 6. The molecule has 14 heteroatoms. The van der Waals surface area contributed by atoms with Gasteiger partial charge in [0, 0.05) is 48.8 Å². The monoisotopic (exact) mass is 664 g/mol. The second-order valence-corrected chi connectivity index (χ2v) is 13.8. The maximum atomic E-state index is 17.0. The third-order valence-electron chi connectivity index (χ3n) is 10.0. The lowest BCUT2D eigenvalue weighted by atomic mass is 9.91. The molecule has 0 spiro atoms. The molecule has 0 radical (unpaired) electrons. The van der Waals surface area contributed by atoms with Gasteiger partial charge in [0.05, 0.1) is 39.8 Å². The van der Waals surface area contributed by atoms with Gasteiger partial charge in [-0.15, -0.1) is 0 Å². The number of hydrogen-bond acceptors (Lipinski definition) is 9. The molecule has 9 rings (SSSR count). The van der Waals surface area contributed by atoms with Gasteiger partial charge in [-0.3, -0.25) is 15.0 Å². The number of carbonyl (C=O) groups is 1. The van der Waals surface area contributed by atoms with Crippen molar-refractivity contribution in [3.63, 3.8) is 0 Å². The number of amides is 1. The molecule has 1 amide bonds. The Bertz CT molecular complexity index is 1920. The second kappa shape index (κ2) is 11.6. The Kier molecular flexibility index (Phi) is 7.43. The summed E-state index contributed by atoms with van der Waals surface area (Å²) in [5.41, 5.74) is 0.643. The number of anilines is 1. The van der Waals surface area contributed by atoms with Crippen molar-refractivity contribution in [2.75, 3.05) is 44.3 Å². The number of fused-ring (bicyclic) bond motifs is 8. The van der Waals surface area contributed by atoms with Crippen molar-refractivity contribution in [1.82, 2.24) is 35.4 Å². The van der Waals surface area contributed by atoms with E-state index in [1.807, 2.05) is 17.9 Å². The number of benzene rings is 1. The fourth-order valence-electron chi connectivity index (χ4n) is 7.87. The van der Waals surface area contributed by atoms with Crippen LogP contribution in [0.15, 0.2) is 24.5 Å². The van der Waals surface area contributed by atoms with Crippen molar-refractivity contribution in [2.24, 2.45) is 0 Å². The van der Waals surface area contributed by atoms with Crippen molar-refractivity contribution in [3.8, 4) is 17.3 Å². The first-order chi connectivity index (χ1) is 22.7. The molecule has 8 heterocycles. The van der Waals surface area contributed by atoms with E-state index in [-0.39, 0.29) is 30.4 Å². The zero-order valence-electron chi connectivity index (χ0n) is 26.0. The number of pyridine rings is 1. The third-order valence-corrected chi connectivity index (χ3v) is 10.4. The summed E-state index contributed by atoms with van der Waals surface area (Å²) in [7, 11) is 0. The van der Waals surface area contributed by atoms with Gasteiger partial charge in [-0.2, -0.15) is 15.1 Å². The fraction of sp³-hybridized carbons (Fsp3) is 0.485. The summed E-state index contributed by atoms with van der Waals surface area (Å²) in [6.45, 7) is 4.52. The Morgan fingerprint density at radius 2 is 2.06 bits per heavy atom. The van der Waals surface area contributed by atoms with Gasteiger partial charge < -0.3 is 19.7 Å². The highest BCUT2D eigenvalue weighted by atomic mass is 35.5. The Morgan fingerprint density at radius 3 is 2.96 bits per heavy atom. The van der Waals surface area contributed by atoms with E-state index < -0.39 is 29.2 Å². The van der Waals surface area contributed by atoms with Gasteiger partial charge >= 0.3 is 12.1 Å². The molecule has 0 saturated carbocycles. The number of alkyl carbamates (subject to hydrolysis) is 1. The van der Waals surface area contributed by atoms with Crippen LogP contribution in [-0.2, 0) is 4.74 Å². The average molecular weight is 665 g/mol. The third kappa shape index (κ3) is 5.33. The summed E-state index contributed by atoms with van der Waals surface area (Å²) in [6.07, 6.45) is 9.42. The molecule has 2 N–H and O–H groups in total. The predicted molar refractivity (Wildman–Crippen MR) is 174 cm³/mol. The predicted octanol–water partition coefficient (Wildman–Crippen LogP) is 5.82. The number of rotatable bonds is 3. The number of halogens is 3. The largest absolute Gasteiger partial charge is 0.461 e. The lowest BCUT2D eigenvalue weighted by molar-refractivity contribution is 0.107. The van der Waals surface area contributed by atoms with Gasteiger partial charge in [0.1, 0.15) is 29.8 Å². The maximum absolute atomic E-state index is 17.0. The molecule has 3 saturated heterocycles. The molecule has 0 aliphatic carbocycles. The fourth-order valence-corrected chi connectivity index (χ4v) is 8.13. The molecule has 3 aromatic heterocycles. The molecule has 4 aromatic rings. The number of aromatic nitrogens is 5. The van der Waals surface area contributed by atoms with Gasteiger partial charge in [0.15, 0.2) is 5.82 Å². The topological polar surface area (TPSA) is 121 Å². The van der Waals surface area contributed by atoms with E-state index in [9.17, 15) is 9.18 Å². The maximum Gasteiger partial charge on any atom is 0.407 e.